The van der Waals surface area contributed by atoms with Crippen molar-refractivity contribution in [2.24, 2.45) is 0 Å². The molecular weight excluding hydrogens is 683 g/mol. The highest BCUT2D eigenvalue weighted by atomic mass is 19.4. The maximum atomic E-state index is 13.7. The van der Waals surface area contributed by atoms with Gasteiger partial charge in [-0.15, -0.1) is 0 Å². The van der Waals surface area contributed by atoms with Crippen LogP contribution in [0.1, 0.15) is 52.1 Å². The molecule has 2 amide bonds. The van der Waals surface area contributed by atoms with Gasteiger partial charge in [0.15, 0.2) is 5.78 Å². The number of pyridine rings is 2. The van der Waals surface area contributed by atoms with Gasteiger partial charge in [-0.2, -0.15) is 18.4 Å². The molecule has 51 heavy (non-hydrogen) atoms. The number of ketones is 1. The number of carboxylic acids is 1. The first-order chi connectivity index (χ1) is 24.1. The number of aliphatic carboxylic acids is 1. The Hall–Kier alpha value is -5.24. The Morgan fingerprint density at radius 2 is 1.75 bits per heavy atom. The number of aryl methyl sites for hydroxylation is 1. The lowest BCUT2D eigenvalue weighted by Gasteiger charge is -2.34. The van der Waals surface area contributed by atoms with Crippen molar-refractivity contribution < 1.29 is 51.0 Å². The maximum absolute atomic E-state index is 13.7. The molecule has 3 aromatic rings. The molecule has 0 N–H and O–H groups in total. The van der Waals surface area contributed by atoms with Crippen molar-refractivity contribution in [1.29, 1.82) is 5.26 Å². The Kier molecular flexibility index (Phi) is 12.6. The van der Waals surface area contributed by atoms with Crippen molar-refractivity contribution in [3.8, 4) is 11.8 Å². The first-order valence-corrected chi connectivity index (χ1v) is 15.9. The van der Waals surface area contributed by atoms with Gasteiger partial charge in [0.2, 0.25) is 5.91 Å². The number of nitrogens with zero attached hydrogens (tertiary/aromatic N) is 6. The molecular formula is C34H34F5N6O6-. The Labute approximate surface area is 289 Å². The molecule has 272 valence electrons. The molecule has 5 rings (SSSR count). The van der Waals surface area contributed by atoms with E-state index in [-0.39, 0.29) is 24.5 Å². The first-order valence-electron chi connectivity index (χ1n) is 15.9. The number of halogens is 5. The van der Waals surface area contributed by atoms with Crippen molar-refractivity contribution in [2.45, 2.75) is 50.7 Å². The second-order valence-electron chi connectivity index (χ2n) is 12.0. The van der Waals surface area contributed by atoms with Gasteiger partial charge in [0, 0.05) is 81.0 Å². The standard InChI is InChI=1S/C32H34F2N6O4.C2HF3O2/c1-22-3-4-23(20-37-22)31(43)39-14-12-38(13-15-39)11-2-16-44-25-5-6-28-27(17-25)26(9-10-36-28)29(41)7-8-30(42)40-21-32(33,34)18-24(40)19-35;3-2(4,5)1(6)7/h3-6,9-10,17,20,24H,2,7-8,11-16,18,21H2,1H3;(H,6,7)/p-1/t24-;/m0./s1. The van der Waals surface area contributed by atoms with Crippen LogP contribution in [0.4, 0.5) is 22.0 Å². The molecule has 0 saturated carbocycles. The molecule has 17 heteroatoms. The van der Waals surface area contributed by atoms with Crippen LogP contribution in [0, 0.1) is 18.3 Å². The summed E-state index contributed by atoms with van der Waals surface area (Å²) in [7, 11) is 0. The van der Waals surface area contributed by atoms with Gasteiger partial charge in [0.05, 0.1) is 30.3 Å². The number of hydrogen-bond acceptors (Lipinski definition) is 10. The van der Waals surface area contributed by atoms with Crippen LogP contribution in [0.25, 0.3) is 10.9 Å². The largest absolute Gasteiger partial charge is 0.542 e. The molecule has 2 aliphatic heterocycles. The SMILES string of the molecule is Cc1ccc(C(=O)N2CCN(CCCOc3ccc4nccc(C(=O)CCC(=O)N5CC(F)(F)C[C@H]5C#N)c4c3)CC2)cn1.O=C([O-])C(F)(F)F. The van der Waals surface area contributed by atoms with E-state index in [1.165, 1.54) is 6.20 Å². The highest BCUT2D eigenvalue weighted by Crippen LogP contribution is 2.32. The molecule has 1 atom stereocenters. The number of rotatable bonds is 10. The molecule has 0 aliphatic carbocycles. The Morgan fingerprint density at radius 3 is 2.37 bits per heavy atom. The highest BCUT2D eigenvalue weighted by molar-refractivity contribution is 6.08. The zero-order valence-corrected chi connectivity index (χ0v) is 27.5. The number of hydrogen-bond donors (Lipinski definition) is 0. The Morgan fingerprint density at radius 1 is 1.04 bits per heavy atom. The van der Waals surface area contributed by atoms with E-state index in [1.54, 1.807) is 36.5 Å². The number of piperazine rings is 1. The summed E-state index contributed by atoms with van der Waals surface area (Å²) in [4.78, 5) is 60.7. The lowest BCUT2D eigenvalue weighted by Crippen LogP contribution is -2.49. The number of ether oxygens (including phenoxy) is 1. The van der Waals surface area contributed by atoms with Gasteiger partial charge in [-0.3, -0.25) is 29.3 Å². The van der Waals surface area contributed by atoms with Gasteiger partial charge in [-0.1, -0.05) is 0 Å². The van der Waals surface area contributed by atoms with Gasteiger partial charge in [-0.05, 0) is 49.7 Å². The summed E-state index contributed by atoms with van der Waals surface area (Å²) in [6.07, 6.45) is -2.42. The number of carboxylic acid groups (broad SMARTS) is 1. The summed E-state index contributed by atoms with van der Waals surface area (Å²) in [6, 6.07) is 11.1. The molecule has 2 aromatic heterocycles. The third-order valence-electron chi connectivity index (χ3n) is 8.26. The van der Waals surface area contributed by atoms with Crippen LogP contribution >= 0.6 is 0 Å². The third kappa shape index (κ3) is 10.6. The summed E-state index contributed by atoms with van der Waals surface area (Å²) in [5, 5.41) is 18.5. The number of amides is 2. The quantitative estimate of drug-likeness (QED) is 0.173. The number of carbonyl (C=O) groups is 4. The van der Waals surface area contributed by atoms with Crippen LogP contribution in [0.3, 0.4) is 0 Å². The van der Waals surface area contributed by atoms with Gasteiger partial charge in [0.25, 0.3) is 11.8 Å². The van der Waals surface area contributed by atoms with E-state index in [1.807, 2.05) is 24.0 Å². The van der Waals surface area contributed by atoms with Crippen molar-refractivity contribution in [1.82, 2.24) is 24.7 Å². The van der Waals surface area contributed by atoms with Gasteiger partial charge in [0.1, 0.15) is 17.8 Å². The first kappa shape index (κ1) is 38.6. The molecule has 2 saturated heterocycles. The number of carbonyl (C=O) groups excluding carboxylic acids is 4. The minimum absolute atomic E-state index is 0.000361. The van der Waals surface area contributed by atoms with Crippen LogP contribution in [0.5, 0.6) is 5.75 Å². The summed E-state index contributed by atoms with van der Waals surface area (Å²) in [5.74, 6) is -6.49. The number of nitriles is 1. The molecule has 0 radical (unpaired) electrons. The van der Waals surface area contributed by atoms with Crippen LogP contribution in [0.15, 0.2) is 48.8 Å². The Balaban J connectivity index is 0.000000755. The minimum Gasteiger partial charge on any atom is -0.542 e. The van der Waals surface area contributed by atoms with Crippen LogP contribution in [-0.4, -0.2) is 112 Å². The zero-order valence-electron chi connectivity index (χ0n) is 27.5. The topological polar surface area (TPSA) is 160 Å². The molecule has 0 unspecified atom stereocenters. The molecule has 1 aromatic carbocycles. The minimum atomic E-state index is -5.19. The lowest BCUT2D eigenvalue weighted by molar-refractivity contribution is -0.344. The number of benzene rings is 1. The predicted octanol–water partition coefficient (Wildman–Crippen LogP) is 3.19. The van der Waals surface area contributed by atoms with Gasteiger partial charge < -0.3 is 24.4 Å². The van der Waals surface area contributed by atoms with Crippen molar-refractivity contribution >= 4 is 34.5 Å². The molecule has 2 aliphatic rings. The molecule has 0 bridgehead atoms. The average Bonchev–Trinajstić information content (AvgIpc) is 3.43. The zero-order chi connectivity index (χ0) is 37.3. The monoisotopic (exact) mass is 717 g/mol. The summed E-state index contributed by atoms with van der Waals surface area (Å²) in [5.41, 5.74) is 2.43. The molecule has 12 nitrogen and oxygen atoms in total. The van der Waals surface area contributed by atoms with Crippen LogP contribution in [-0.2, 0) is 9.59 Å². The number of fused-ring (bicyclic) bond motifs is 1. The highest BCUT2D eigenvalue weighted by Gasteiger charge is 2.47. The fraction of sp³-hybridized carbons (Fsp3) is 0.441. The van der Waals surface area contributed by atoms with E-state index >= 15 is 0 Å². The van der Waals surface area contributed by atoms with Crippen molar-refractivity contribution in [3.05, 3.63) is 65.6 Å². The third-order valence-corrected chi connectivity index (χ3v) is 8.26. The molecule has 4 heterocycles. The van der Waals surface area contributed by atoms with E-state index in [9.17, 15) is 36.3 Å². The van der Waals surface area contributed by atoms with Crippen LogP contribution < -0.4 is 9.84 Å². The summed E-state index contributed by atoms with van der Waals surface area (Å²) in [6.45, 7) is 5.20. The maximum Gasteiger partial charge on any atom is 0.430 e. The van der Waals surface area contributed by atoms with Crippen LogP contribution in [0.2, 0.25) is 0 Å². The Bertz CT molecular complexity index is 1770. The summed E-state index contributed by atoms with van der Waals surface area (Å²) >= 11 is 0. The average molecular weight is 718 g/mol. The smallest absolute Gasteiger partial charge is 0.430 e. The second kappa shape index (κ2) is 16.6. The van der Waals surface area contributed by atoms with Gasteiger partial charge in [-0.25, -0.2) is 8.78 Å². The predicted molar refractivity (Wildman–Crippen MR) is 168 cm³/mol. The number of Topliss-reactive ketones (excluding diaryl/α,β-unsaturated/α-hetero) is 1. The lowest BCUT2D eigenvalue weighted by atomic mass is 10.0. The second-order valence-corrected chi connectivity index (χ2v) is 12.0. The molecule has 2 fully saturated rings. The fourth-order valence-corrected chi connectivity index (χ4v) is 5.58. The number of alkyl halides is 5. The van der Waals surface area contributed by atoms with E-state index in [2.05, 4.69) is 14.9 Å². The summed E-state index contributed by atoms with van der Waals surface area (Å²) < 4.78 is 65.0. The van der Waals surface area contributed by atoms with E-state index in [4.69, 9.17) is 19.9 Å². The van der Waals surface area contributed by atoms with Crippen molar-refractivity contribution in [2.75, 3.05) is 45.9 Å². The number of likely N-dealkylation sites (tertiary alicyclic amines) is 1. The number of aromatic nitrogens is 2. The van der Waals surface area contributed by atoms with E-state index in [0.717, 1.165) is 36.6 Å². The van der Waals surface area contributed by atoms with E-state index < -0.39 is 43.0 Å². The van der Waals surface area contributed by atoms with Crippen molar-refractivity contribution in [3.63, 3.8) is 0 Å². The molecule has 0 spiro atoms. The normalized spacial score (nSPS) is 17.3. The van der Waals surface area contributed by atoms with Gasteiger partial charge >= 0.3 is 6.18 Å². The fourth-order valence-electron chi connectivity index (χ4n) is 5.58. The van der Waals surface area contributed by atoms with E-state index in [0.29, 0.717) is 47.5 Å².